The fraction of sp³-hybridized carbons (Fsp3) is 0.682. The Morgan fingerprint density at radius 3 is 2.59 bits per heavy atom. The molecule has 0 radical (unpaired) electrons. The molecule has 1 aromatic rings. The van der Waals surface area contributed by atoms with Gasteiger partial charge >= 0.3 is 0 Å². The molecular formula is C22H38N4O3. The molecule has 2 N–H and O–H groups in total. The van der Waals surface area contributed by atoms with E-state index in [1.807, 2.05) is 12.1 Å². The maximum atomic E-state index is 5.73. The second-order valence-electron chi connectivity index (χ2n) is 7.60. The van der Waals surface area contributed by atoms with E-state index in [1.165, 1.54) is 0 Å². The summed E-state index contributed by atoms with van der Waals surface area (Å²) in [5.41, 5.74) is 1.11. The Morgan fingerprint density at radius 1 is 1.21 bits per heavy atom. The summed E-state index contributed by atoms with van der Waals surface area (Å²) >= 11 is 0. The van der Waals surface area contributed by atoms with Crippen molar-refractivity contribution in [1.82, 2.24) is 15.5 Å². The van der Waals surface area contributed by atoms with Gasteiger partial charge < -0.3 is 24.8 Å². The number of rotatable bonds is 10. The lowest BCUT2D eigenvalue weighted by atomic mass is 10.0. The van der Waals surface area contributed by atoms with Crippen molar-refractivity contribution in [2.75, 3.05) is 53.6 Å². The van der Waals surface area contributed by atoms with E-state index in [2.05, 4.69) is 47.4 Å². The zero-order valence-corrected chi connectivity index (χ0v) is 18.7. The molecule has 1 aromatic carbocycles. The highest BCUT2D eigenvalue weighted by atomic mass is 16.5. The minimum Gasteiger partial charge on any atom is -0.493 e. The Hall–Kier alpha value is -1.99. The van der Waals surface area contributed by atoms with Gasteiger partial charge in [-0.25, -0.2) is 0 Å². The number of aliphatic imine (C=N–C) groups is 1. The lowest BCUT2D eigenvalue weighted by Crippen LogP contribution is -2.52. The summed E-state index contributed by atoms with van der Waals surface area (Å²) in [5.74, 6) is 2.89. The highest BCUT2D eigenvalue weighted by Crippen LogP contribution is 2.28. The molecule has 2 rings (SSSR count). The zero-order valence-electron chi connectivity index (χ0n) is 18.7. The third-order valence-electron chi connectivity index (χ3n) is 5.14. The lowest BCUT2D eigenvalue weighted by Gasteiger charge is -2.37. The van der Waals surface area contributed by atoms with Crippen LogP contribution in [0.4, 0.5) is 0 Å². The third kappa shape index (κ3) is 7.40. The van der Waals surface area contributed by atoms with Crippen LogP contribution in [0.25, 0.3) is 0 Å². The Bertz CT molecular complexity index is 630. The van der Waals surface area contributed by atoms with Crippen molar-refractivity contribution in [2.45, 2.75) is 39.8 Å². The van der Waals surface area contributed by atoms with E-state index in [9.17, 15) is 0 Å². The Kier molecular flexibility index (Phi) is 10.1. The van der Waals surface area contributed by atoms with E-state index in [0.717, 1.165) is 62.3 Å². The summed E-state index contributed by atoms with van der Waals surface area (Å²) in [6.07, 6.45) is 0.969. The summed E-state index contributed by atoms with van der Waals surface area (Å²) in [6, 6.07) is 6.48. The van der Waals surface area contributed by atoms with Gasteiger partial charge in [-0.05, 0) is 30.0 Å². The van der Waals surface area contributed by atoms with Crippen LogP contribution in [0.5, 0.6) is 11.5 Å². The van der Waals surface area contributed by atoms with Crippen molar-refractivity contribution in [2.24, 2.45) is 10.9 Å². The average molecular weight is 407 g/mol. The SMILES string of the molecule is CCCOc1ccc(CNC(=NC)NCC(C(C)C)N2CCOCC2)cc1OC. The number of morpholine rings is 1. The first-order chi connectivity index (χ1) is 14.1. The second-order valence-corrected chi connectivity index (χ2v) is 7.60. The topological polar surface area (TPSA) is 67.4 Å². The van der Waals surface area contributed by atoms with Crippen molar-refractivity contribution in [3.05, 3.63) is 23.8 Å². The van der Waals surface area contributed by atoms with E-state index >= 15 is 0 Å². The smallest absolute Gasteiger partial charge is 0.191 e. The average Bonchev–Trinajstić information content (AvgIpc) is 2.75. The molecule has 1 aliphatic rings. The maximum Gasteiger partial charge on any atom is 0.191 e. The van der Waals surface area contributed by atoms with Crippen LogP contribution in [-0.4, -0.2) is 70.5 Å². The van der Waals surface area contributed by atoms with Crippen LogP contribution in [0.15, 0.2) is 23.2 Å². The number of benzene rings is 1. The van der Waals surface area contributed by atoms with Gasteiger partial charge in [-0.3, -0.25) is 9.89 Å². The number of nitrogens with zero attached hydrogens (tertiary/aromatic N) is 2. The molecular weight excluding hydrogens is 368 g/mol. The van der Waals surface area contributed by atoms with Crippen molar-refractivity contribution in [1.29, 1.82) is 0 Å². The molecule has 1 unspecified atom stereocenters. The van der Waals surface area contributed by atoms with Crippen LogP contribution in [0.3, 0.4) is 0 Å². The van der Waals surface area contributed by atoms with Gasteiger partial charge in [0.2, 0.25) is 0 Å². The number of nitrogens with one attached hydrogen (secondary N) is 2. The first kappa shape index (κ1) is 23.3. The Balaban J connectivity index is 1.89. The molecule has 0 bridgehead atoms. The van der Waals surface area contributed by atoms with E-state index in [1.54, 1.807) is 14.2 Å². The number of hydrogen-bond donors (Lipinski definition) is 2. The molecule has 29 heavy (non-hydrogen) atoms. The first-order valence-corrected chi connectivity index (χ1v) is 10.6. The lowest BCUT2D eigenvalue weighted by molar-refractivity contribution is 0.00752. The zero-order chi connectivity index (χ0) is 21.1. The molecule has 1 saturated heterocycles. The predicted octanol–water partition coefficient (Wildman–Crippen LogP) is 2.51. The molecule has 1 fully saturated rings. The van der Waals surface area contributed by atoms with Gasteiger partial charge in [0.15, 0.2) is 17.5 Å². The van der Waals surface area contributed by atoms with E-state index in [0.29, 0.717) is 25.1 Å². The highest BCUT2D eigenvalue weighted by Gasteiger charge is 2.23. The molecule has 7 nitrogen and oxygen atoms in total. The molecule has 0 aromatic heterocycles. The molecule has 0 amide bonds. The highest BCUT2D eigenvalue weighted by molar-refractivity contribution is 5.79. The van der Waals surface area contributed by atoms with E-state index < -0.39 is 0 Å². The van der Waals surface area contributed by atoms with Crippen LogP contribution in [0.1, 0.15) is 32.8 Å². The second kappa shape index (κ2) is 12.5. The van der Waals surface area contributed by atoms with Crippen molar-refractivity contribution in [3.63, 3.8) is 0 Å². The molecule has 164 valence electrons. The van der Waals surface area contributed by atoms with Gasteiger partial charge in [0.05, 0.1) is 26.9 Å². The minimum absolute atomic E-state index is 0.451. The van der Waals surface area contributed by atoms with Crippen LogP contribution in [0, 0.1) is 5.92 Å². The minimum atomic E-state index is 0.451. The summed E-state index contributed by atoms with van der Waals surface area (Å²) in [6.45, 7) is 12.4. The largest absolute Gasteiger partial charge is 0.493 e. The van der Waals surface area contributed by atoms with Crippen LogP contribution in [-0.2, 0) is 11.3 Å². The standard InChI is InChI=1S/C22H38N4O3/c1-6-11-29-20-8-7-18(14-21(20)27-5)15-24-22(23-4)25-16-19(17(2)3)26-9-12-28-13-10-26/h7-8,14,17,19H,6,9-13,15-16H2,1-5H3,(H2,23,24,25). The van der Waals surface area contributed by atoms with Crippen LogP contribution >= 0.6 is 0 Å². The van der Waals surface area contributed by atoms with Crippen molar-refractivity contribution < 1.29 is 14.2 Å². The summed E-state index contributed by atoms with van der Waals surface area (Å²) in [7, 11) is 3.47. The fourth-order valence-electron chi connectivity index (χ4n) is 3.46. The van der Waals surface area contributed by atoms with Crippen molar-refractivity contribution in [3.8, 4) is 11.5 Å². The monoisotopic (exact) mass is 406 g/mol. The summed E-state index contributed by atoms with van der Waals surface area (Å²) in [5, 5.41) is 6.88. The maximum absolute atomic E-state index is 5.73. The van der Waals surface area contributed by atoms with Gasteiger partial charge in [0, 0.05) is 39.3 Å². The number of ether oxygens (including phenoxy) is 3. The van der Waals surface area contributed by atoms with Gasteiger partial charge in [-0.2, -0.15) is 0 Å². The first-order valence-electron chi connectivity index (χ1n) is 10.6. The number of hydrogen-bond acceptors (Lipinski definition) is 5. The van der Waals surface area contributed by atoms with Gasteiger partial charge in [0.25, 0.3) is 0 Å². The molecule has 1 heterocycles. The normalized spacial score (nSPS) is 16.6. The van der Waals surface area contributed by atoms with Gasteiger partial charge in [-0.1, -0.05) is 26.8 Å². The Labute approximate surface area is 175 Å². The van der Waals surface area contributed by atoms with E-state index in [4.69, 9.17) is 14.2 Å². The molecule has 1 atom stereocenters. The summed E-state index contributed by atoms with van der Waals surface area (Å²) < 4.78 is 16.7. The molecule has 0 spiro atoms. The molecule has 1 aliphatic heterocycles. The van der Waals surface area contributed by atoms with Gasteiger partial charge in [0.1, 0.15) is 0 Å². The van der Waals surface area contributed by atoms with Crippen LogP contribution < -0.4 is 20.1 Å². The number of methoxy groups -OCH3 is 1. The van der Waals surface area contributed by atoms with E-state index in [-0.39, 0.29) is 0 Å². The van der Waals surface area contributed by atoms with Gasteiger partial charge in [-0.15, -0.1) is 0 Å². The van der Waals surface area contributed by atoms with Crippen molar-refractivity contribution >= 4 is 5.96 Å². The summed E-state index contributed by atoms with van der Waals surface area (Å²) in [4.78, 5) is 6.88. The number of guanidine groups is 1. The Morgan fingerprint density at radius 2 is 1.97 bits per heavy atom. The molecule has 0 aliphatic carbocycles. The molecule has 0 saturated carbocycles. The van der Waals surface area contributed by atoms with Crippen LogP contribution in [0.2, 0.25) is 0 Å². The third-order valence-corrected chi connectivity index (χ3v) is 5.14. The molecule has 7 heteroatoms. The predicted molar refractivity (Wildman–Crippen MR) is 118 cm³/mol. The fourth-order valence-corrected chi connectivity index (χ4v) is 3.46. The quantitative estimate of drug-likeness (QED) is 0.460.